The van der Waals surface area contributed by atoms with E-state index in [9.17, 15) is 34.0 Å². The second kappa shape index (κ2) is 29.7. The van der Waals surface area contributed by atoms with E-state index in [-0.39, 0.29) is 65.6 Å². The van der Waals surface area contributed by atoms with Crippen molar-refractivity contribution in [3.8, 4) is 17.6 Å². The van der Waals surface area contributed by atoms with Crippen LogP contribution in [0.15, 0.2) is 57.2 Å². The Kier molecular flexibility index (Phi) is 23.3. The molecule has 390 valence electrons. The Morgan fingerprint density at radius 2 is 0.931 bits per heavy atom. The number of esters is 5. The molecule has 0 unspecified atom stereocenters. The molecule has 0 N–H and O–H groups in total. The lowest BCUT2D eigenvalue weighted by Crippen LogP contribution is -2.31. The van der Waals surface area contributed by atoms with Gasteiger partial charge in [-0.25, -0.2) is 14.9 Å². The van der Waals surface area contributed by atoms with Gasteiger partial charge in [-0.3, -0.25) is 24.0 Å². The molecule has 0 saturated heterocycles. The standard InChI is InChI=1S/C56H72N2O12S2/c1-4-45(59)36-65-31-9-8-12-34-68-53(62)42-23-15-38(16-24-42)40-19-27-44(28-20-40)55(64)70-48-30-29-47(50-51(48)72-56(71-50)46(35-57)58-3)69-54(63)43-25-17-39(18-26-43)37-13-21-41(22-14-37)52(61)67-33-11-7-6-10-32-66-49(60)5-2/h4-5,29-30,37-44H,1-2,6-28,31-34,36H2/b56-46-. The van der Waals surface area contributed by atoms with Crippen LogP contribution in [0.4, 0.5) is 0 Å². The van der Waals surface area contributed by atoms with Gasteiger partial charge in [0.1, 0.15) is 18.1 Å². The summed E-state index contributed by atoms with van der Waals surface area (Å²) in [6, 6.07) is 5.27. The molecule has 4 fully saturated rings. The summed E-state index contributed by atoms with van der Waals surface area (Å²) in [7, 11) is 0. The highest BCUT2D eigenvalue weighted by atomic mass is 32.2. The van der Waals surface area contributed by atoms with Gasteiger partial charge in [0, 0.05) is 12.7 Å². The van der Waals surface area contributed by atoms with E-state index in [1.54, 1.807) is 12.1 Å². The minimum atomic E-state index is -0.413. The summed E-state index contributed by atoms with van der Waals surface area (Å²) in [6.45, 7) is 16.1. The van der Waals surface area contributed by atoms with Gasteiger partial charge in [-0.1, -0.05) is 36.7 Å². The highest BCUT2D eigenvalue weighted by Crippen LogP contribution is 2.59. The fourth-order valence-electron chi connectivity index (χ4n) is 11.1. The van der Waals surface area contributed by atoms with Gasteiger partial charge in [0.25, 0.3) is 5.70 Å². The molecular weight excluding hydrogens is 957 g/mol. The van der Waals surface area contributed by atoms with Crippen LogP contribution in [0.25, 0.3) is 4.85 Å². The third-order valence-electron chi connectivity index (χ3n) is 15.4. The second-order valence-electron chi connectivity index (χ2n) is 20.0. The minimum absolute atomic E-state index is 0.0486. The molecule has 4 aliphatic carbocycles. The first-order valence-electron chi connectivity index (χ1n) is 26.3. The summed E-state index contributed by atoms with van der Waals surface area (Å²) < 4.78 is 34.1. The van der Waals surface area contributed by atoms with Crippen molar-refractivity contribution < 1.29 is 57.2 Å². The van der Waals surface area contributed by atoms with Crippen molar-refractivity contribution in [1.82, 2.24) is 0 Å². The lowest BCUT2D eigenvalue weighted by Gasteiger charge is -2.36. The minimum Gasteiger partial charge on any atom is -0.465 e. The Bertz CT molecular complexity index is 2030. The highest BCUT2D eigenvalue weighted by molar-refractivity contribution is 8.24. The van der Waals surface area contributed by atoms with Crippen LogP contribution in [0.2, 0.25) is 0 Å². The van der Waals surface area contributed by atoms with Gasteiger partial charge in [-0.15, -0.1) is 0 Å². The van der Waals surface area contributed by atoms with Gasteiger partial charge in [-0.2, -0.15) is 0 Å². The van der Waals surface area contributed by atoms with E-state index in [2.05, 4.69) is 18.0 Å². The number of nitrogens with zero attached hydrogens (tertiary/aromatic N) is 2. The van der Waals surface area contributed by atoms with Crippen LogP contribution in [-0.4, -0.2) is 68.7 Å². The van der Waals surface area contributed by atoms with Crippen LogP contribution in [0.5, 0.6) is 11.5 Å². The lowest BCUT2D eigenvalue weighted by molar-refractivity contribution is -0.151. The molecule has 1 aliphatic heterocycles. The number of ketones is 1. The smallest absolute Gasteiger partial charge is 0.330 e. The van der Waals surface area contributed by atoms with Crippen molar-refractivity contribution in [1.29, 1.82) is 5.26 Å². The molecule has 6 rings (SSSR count). The van der Waals surface area contributed by atoms with E-state index in [1.807, 2.05) is 6.07 Å². The predicted molar refractivity (Wildman–Crippen MR) is 272 cm³/mol. The summed E-state index contributed by atoms with van der Waals surface area (Å²) >= 11 is 2.38. The molecule has 1 aromatic carbocycles. The van der Waals surface area contributed by atoms with Gasteiger partial charge < -0.3 is 28.4 Å². The number of hydrogen-bond donors (Lipinski definition) is 0. The predicted octanol–water partition coefficient (Wildman–Crippen LogP) is 11.9. The quantitative estimate of drug-likeness (QED) is 0.0171. The van der Waals surface area contributed by atoms with E-state index in [0.29, 0.717) is 101 Å². The molecule has 1 heterocycles. The van der Waals surface area contributed by atoms with Crippen LogP contribution in [0, 0.1) is 65.2 Å². The molecule has 5 aliphatic rings. The van der Waals surface area contributed by atoms with Crippen molar-refractivity contribution in [3.05, 3.63) is 58.8 Å². The average molecular weight is 1030 g/mol. The molecule has 0 aromatic heterocycles. The molecule has 72 heavy (non-hydrogen) atoms. The number of hydrogen-bond acceptors (Lipinski definition) is 15. The van der Waals surface area contributed by atoms with Gasteiger partial charge in [0.15, 0.2) is 5.78 Å². The molecule has 14 nitrogen and oxygen atoms in total. The summed E-state index contributed by atoms with van der Waals surface area (Å²) in [4.78, 5) is 79.9. The Balaban J connectivity index is 0.903. The van der Waals surface area contributed by atoms with Crippen LogP contribution in [0.3, 0.4) is 0 Å². The zero-order valence-corrected chi connectivity index (χ0v) is 43.4. The molecule has 4 saturated carbocycles. The molecule has 0 bridgehead atoms. The van der Waals surface area contributed by atoms with Crippen LogP contribution in [-0.2, 0) is 47.7 Å². The van der Waals surface area contributed by atoms with E-state index < -0.39 is 5.97 Å². The molecule has 1 aromatic rings. The molecule has 0 radical (unpaired) electrons. The van der Waals surface area contributed by atoms with Crippen LogP contribution >= 0.6 is 23.5 Å². The largest absolute Gasteiger partial charge is 0.465 e. The number of ether oxygens (including phenoxy) is 6. The van der Waals surface area contributed by atoms with Crippen molar-refractivity contribution >= 4 is 59.2 Å². The van der Waals surface area contributed by atoms with Crippen molar-refractivity contribution in [2.45, 2.75) is 157 Å². The maximum absolute atomic E-state index is 13.7. The summed E-state index contributed by atoms with van der Waals surface area (Å²) in [6.07, 6.45) is 21.8. The fourth-order valence-corrected chi connectivity index (χ4v) is 13.5. The summed E-state index contributed by atoms with van der Waals surface area (Å²) in [5.41, 5.74) is -0.0770. The molecule has 16 heteroatoms. The molecular formula is C56H72N2O12S2. The van der Waals surface area contributed by atoms with Gasteiger partial charge >= 0.3 is 29.8 Å². The zero-order chi connectivity index (χ0) is 51.2. The number of unbranched alkanes of at least 4 members (excludes halogenated alkanes) is 5. The van der Waals surface area contributed by atoms with E-state index >= 15 is 0 Å². The summed E-state index contributed by atoms with van der Waals surface area (Å²) in [5, 5.41) is 9.73. The monoisotopic (exact) mass is 1030 g/mol. The van der Waals surface area contributed by atoms with Crippen LogP contribution in [0.1, 0.15) is 148 Å². The number of fused-ring (bicyclic) bond motifs is 1. The number of allylic oxidation sites excluding steroid dienone is 1. The van der Waals surface area contributed by atoms with E-state index in [0.717, 1.165) is 128 Å². The Labute approximate surface area is 433 Å². The van der Waals surface area contributed by atoms with Crippen molar-refractivity contribution in [2.75, 3.05) is 33.0 Å². The number of carbonyl (C=O) groups is 6. The van der Waals surface area contributed by atoms with Gasteiger partial charge in [0.05, 0.1) is 70.2 Å². The number of carbonyl (C=O) groups excluding carboxylic acids is 6. The maximum Gasteiger partial charge on any atom is 0.330 e. The van der Waals surface area contributed by atoms with Gasteiger partial charge in [0.2, 0.25) is 0 Å². The number of rotatable bonds is 25. The lowest BCUT2D eigenvalue weighted by atomic mass is 9.69. The Morgan fingerprint density at radius 3 is 1.31 bits per heavy atom. The first-order valence-corrected chi connectivity index (χ1v) is 28.0. The van der Waals surface area contributed by atoms with Crippen LogP contribution < -0.4 is 9.47 Å². The Morgan fingerprint density at radius 1 is 0.556 bits per heavy atom. The highest BCUT2D eigenvalue weighted by Gasteiger charge is 2.39. The second-order valence-corrected chi connectivity index (χ2v) is 22.3. The van der Waals surface area contributed by atoms with E-state index in [1.165, 1.54) is 29.6 Å². The van der Waals surface area contributed by atoms with Crippen molar-refractivity contribution in [2.24, 2.45) is 47.3 Å². The summed E-state index contributed by atoms with van der Waals surface area (Å²) in [5.74, 6) is 0.573. The third kappa shape index (κ3) is 16.8. The number of thioether (sulfide) groups is 2. The first-order chi connectivity index (χ1) is 35.0. The number of benzene rings is 1. The third-order valence-corrected chi connectivity index (χ3v) is 18.0. The van der Waals surface area contributed by atoms with Gasteiger partial charge in [-0.05, 0) is 190 Å². The van der Waals surface area contributed by atoms with E-state index in [4.69, 9.17) is 35.0 Å². The normalized spacial score (nSPS) is 25.5. The fraction of sp³-hybridized carbons (Fsp3) is 0.643. The molecule has 0 atom stereocenters. The molecule has 0 spiro atoms. The zero-order valence-electron chi connectivity index (χ0n) is 41.8. The Hall–Kier alpha value is -4.90. The first kappa shape index (κ1) is 56.4. The van der Waals surface area contributed by atoms with Crippen molar-refractivity contribution in [3.63, 3.8) is 0 Å². The maximum atomic E-state index is 13.7. The average Bonchev–Trinajstić information content (AvgIpc) is 3.87. The topological polar surface area (TPSA) is 186 Å². The molecule has 0 amide bonds. The number of nitriles is 1. The SMILES string of the molecule is [C-]#[N+]/C(C#N)=C1/Sc2c(OC(=O)C3CCC(C4CCC(C(=O)OCCCCCCOC(=O)C=C)CC4)CC3)ccc(OC(=O)C3CCC(C4CCC(C(=O)OCCCCCOCC(=O)C=C)CC4)CC3)c2S1.